The van der Waals surface area contributed by atoms with Gasteiger partial charge in [0.25, 0.3) is 5.91 Å². The highest BCUT2D eigenvalue weighted by Crippen LogP contribution is 2.16. The number of benzene rings is 3. The first-order valence-electron chi connectivity index (χ1n) is 9.72. The van der Waals surface area contributed by atoms with Crippen molar-refractivity contribution in [3.63, 3.8) is 0 Å². The second kappa shape index (κ2) is 12.2. The van der Waals surface area contributed by atoms with Gasteiger partial charge >= 0.3 is 0 Å². The first-order valence-corrected chi connectivity index (χ1v) is 10.7. The maximum atomic E-state index is 11.9. The van der Waals surface area contributed by atoms with Gasteiger partial charge in [-0.1, -0.05) is 48.5 Å². The zero-order valence-corrected chi connectivity index (χ0v) is 17.7. The molecule has 0 aliphatic carbocycles. The summed E-state index contributed by atoms with van der Waals surface area (Å²) in [6.45, 7) is 0.406. The molecule has 0 spiro atoms. The monoisotopic (exact) mass is 433 g/mol. The summed E-state index contributed by atoms with van der Waals surface area (Å²) >= 11 is 1.45. The third kappa shape index (κ3) is 8.36. The van der Waals surface area contributed by atoms with Crippen molar-refractivity contribution in [1.82, 2.24) is 10.7 Å². The van der Waals surface area contributed by atoms with Gasteiger partial charge in [-0.2, -0.15) is 5.10 Å². The minimum atomic E-state index is -0.189. The molecule has 0 aliphatic rings. The first kappa shape index (κ1) is 22.1. The van der Waals surface area contributed by atoms with Gasteiger partial charge in [0.1, 0.15) is 5.75 Å². The molecule has 0 fully saturated rings. The van der Waals surface area contributed by atoms with Gasteiger partial charge in [0.05, 0.1) is 12.0 Å². The van der Waals surface area contributed by atoms with Crippen LogP contribution in [0.5, 0.6) is 5.75 Å². The van der Waals surface area contributed by atoms with Gasteiger partial charge in [-0.05, 0) is 47.5 Å². The van der Waals surface area contributed by atoms with Gasteiger partial charge < -0.3 is 10.1 Å². The van der Waals surface area contributed by atoms with Gasteiger partial charge in [-0.15, -0.1) is 11.8 Å². The number of carbonyl (C=O) groups excluding carboxylic acids is 2. The highest BCUT2D eigenvalue weighted by atomic mass is 32.2. The highest BCUT2D eigenvalue weighted by molar-refractivity contribution is 8.00. The lowest BCUT2D eigenvalue weighted by atomic mass is 10.2. The maximum Gasteiger partial charge on any atom is 0.258 e. The lowest BCUT2D eigenvalue weighted by Gasteiger charge is -2.08. The summed E-state index contributed by atoms with van der Waals surface area (Å²) in [6.07, 6.45) is 1.56. The van der Waals surface area contributed by atoms with Crippen molar-refractivity contribution >= 4 is 29.8 Å². The largest absolute Gasteiger partial charge is 0.484 e. The molecule has 0 aromatic heterocycles. The van der Waals surface area contributed by atoms with Crippen LogP contribution in [0.1, 0.15) is 11.1 Å². The van der Waals surface area contributed by atoms with E-state index in [1.165, 1.54) is 11.8 Å². The van der Waals surface area contributed by atoms with E-state index in [9.17, 15) is 9.59 Å². The van der Waals surface area contributed by atoms with Crippen LogP contribution in [-0.2, 0) is 16.1 Å². The molecule has 0 bridgehead atoms. The van der Waals surface area contributed by atoms with E-state index in [2.05, 4.69) is 15.8 Å². The second-order valence-corrected chi connectivity index (χ2v) is 7.56. The number of nitrogens with zero attached hydrogens (tertiary/aromatic N) is 1. The molecule has 3 aromatic rings. The Bertz CT molecular complexity index is 994. The average Bonchev–Trinajstić information content (AvgIpc) is 2.82. The van der Waals surface area contributed by atoms with Crippen LogP contribution in [0.4, 0.5) is 0 Å². The maximum absolute atomic E-state index is 11.9. The van der Waals surface area contributed by atoms with Crippen molar-refractivity contribution < 1.29 is 14.3 Å². The van der Waals surface area contributed by atoms with Crippen LogP contribution >= 0.6 is 11.8 Å². The Hall–Kier alpha value is -3.58. The SMILES string of the molecule is O=C(COc1ccc(/C=N\NC(=O)CSc2ccccc2)cc1)NCc1ccccc1. The molecule has 158 valence electrons. The molecule has 2 amide bonds. The number of amides is 2. The average molecular weight is 434 g/mol. The predicted molar refractivity (Wildman–Crippen MR) is 123 cm³/mol. The van der Waals surface area contributed by atoms with Crippen LogP contribution in [0.15, 0.2) is 94.9 Å². The summed E-state index contributed by atoms with van der Waals surface area (Å²) < 4.78 is 5.50. The molecule has 0 unspecified atom stereocenters. The Kier molecular flexibility index (Phi) is 8.70. The third-order valence-corrected chi connectivity index (χ3v) is 5.11. The first-order chi connectivity index (χ1) is 15.2. The Labute approximate surface area is 185 Å². The van der Waals surface area contributed by atoms with Crippen LogP contribution in [0.25, 0.3) is 0 Å². The summed E-state index contributed by atoms with van der Waals surface area (Å²) in [7, 11) is 0. The molecule has 31 heavy (non-hydrogen) atoms. The second-order valence-electron chi connectivity index (χ2n) is 6.51. The smallest absolute Gasteiger partial charge is 0.258 e. The number of hydrogen-bond donors (Lipinski definition) is 2. The molecule has 0 saturated heterocycles. The fourth-order valence-corrected chi connectivity index (χ4v) is 3.24. The van der Waals surface area contributed by atoms with Crippen LogP contribution < -0.4 is 15.5 Å². The Balaban J connectivity index is 1.35. The van der Waals surface area contributed by atoms with Gasteiger partial charge in [0, 0.05) is 11.4 Å². The number of rotatable bonds is 10. The van der Waals surface area contributed by atoms with E-state index >= 15 is 0 Å². The summed E-state index contributed by atoms with van der Waals surface area (Å²) in [6, 6.07) is 26.5. The fourth-order valence-electron chi connectivity index (χ4n) is 2.52. The van der Waals surface area contributed by atoms with E-state index < -0.39 is 0 Å². The minimum Gasteiger partial charge on any atom is -0.484 e. The van der Waals surface area contributed by atoms with E-state index in [0.29, 0.717) is 18.0 Å². The van der Waals surface area contributed by atoms with E-state index in [-0.39, 0.29) is 18.4 Å². The zero-order valence-electron chi connectivity index (χ0n) is 16.9. The molecule has 0 radical (unpaired) electrons. The summed E-state index contributed by atoms with van der Waals surface area (Å²) in [5.41, 5.74) is 4.34. The van der Waals surface area contributed by atoms with Crippen molar-refractivity contribution in [1.29, 1.82) is 0 Å². The number of nitrogens with one attached hydrogen (secondary N) is 2. The van der Waals surface area contributed by atoms with E-state index in [4.69, 9.17) is 4.74 Å². The molecule has 0 atom stereocenters. The Morgan fingerprint density at radius 1 is 0.871 bits per heavy atom. The lowest BCUT2D eigenvalue weighted by molar-refractivity contribution is -0.123. The number of ether oxygens (including phenoxy) is 1. The van der Waals surface area contributed by atoms with Crippen molar-refractivity contribution in [2.45, 2.75) is 11.4 Å². The van der Waals surface area contributed by atoms with Crippen LogP contribution in [0, 0.1) is 0 Å². The van der Waals surface area contributed by atoms with Crippen molar-refractivity contribution in [3.05, 3.63) is 96.1 Å². The quantitative estimate of drug-likeness (QED) is 0.291. The summed E-state index contributed by atoms with van der Waals surface area (Å²) in [5.74, 6) is 0.507. The molecule has 6 nitrogen and oxygen atoms in total. The molecular formula is C24H23N3O3S. The van der Waals surface area contributed by atoms with E-state index in [1.54, 1.807) is 30.5 Å². The molecule has 0 aliphatic heterocycles. The van der Waals surface area contributed by atoms with Crippen molar-refractivity contribution in [2.24, 2.45) is 5.10 Å². The third-order valence-electron chi connectivity index (χ3n) is 4.10. The van der Waals surface area contributed by atoms with Crippen LogP contribution in [-0.4, -0.2) is 30.4 Å². The number of thioether (sulfide) groups is 1. The van der Waals surface area contributed by atoms with Crippen LogP contribution in [0.3, 0.4) is 0 Å². The minimum absolute atomic E-state index is 0.0601. The van der Waals surface area contributed by atoms with Gasteiger partial charge in [-0.25, -0.2) is 5.43 Å². The van der Waals surface area contributed by atoms with Crippen molar-refractivity contribution in [2.75, 3.05) is 12.4 Å². The van der Waals surface area contributed by atoms with Gasteiger partial charge in [0.2, 0.25) is 5.91 Å². The number of hydrogen-bond acceptors (Lipinski definition) is 5. The highest BCUT2D eigenvalue weighted by Gasteiger charge is 2.03. The number of carbonyl (C=O) groups is 2. The Morgan fingerprint density at radius 2 is 1.55 bits per heavy atom. The lowest BCUT2D eigenvalue weighted by Crippen LogP contribution is -2.28. The van der Waals surface area contributed by atoms with Crippen LogP contribution in [0.2, 0.25) is 0 Å². The predicted octanol–water partition coefficient (Wildman–Crippen LogP) is 3.62. The summed E-state index contributed by atoms with van der Waals surface area (Å²) in [5, 5.41) is 6.78. The van der Waals surface area contributed by atoms with E-state index in [1.807, 2.05) is 60.7 Å². The molecule has 0 heterocycles. The molecule has 0 saturated carbocycles. The number of hydrazone groups is 1. The normalized spacial score (nSPS) is 10.6. The molecule has 7 heteroatoms. The molecule has 3 rings (SSSR count). The standard InChI is InChI=1S/C24H23N3O3S/c28-23(25-15-19-7-3-1-4-8-19)17-30-21-13-11-20(12-14-21)16-26-27-24(29)18-31-22-9-5-2-6-10-22/h1-14,16H,15,17-18H2,(H,25,28)(H,27,29)/b26-16-. The molecule has 3 aromatic carbocycles. The van der Waals surface area contributed by atoms with Crippen molar-refractivity contribution in [3.8, 4) is 5.75 Å². The van der Waals surface area contributed by atoms with Gasteiger partial charge in [-0.3, -0.25) is 9.59 Å². The summed E-state index contributed by atoms with van der Waals surface area (Å²) in [4.78, 5) is 24.8. The molecular weight excluding hydrogens is 410 g/mol. The topological polar surface area (TPSA) is 79.8 Å². The molecule has 2 N–H and O–H groups in total. The zero-order chi connectivity index (χ0) is 21.7. The van der Waals surface area contributed by atoms with Gasteiger partial charge in [0.15, 0.2) is 6.61 Å². The fraction of sp³-hybridized carbons (Fsp3) is 0.125. The Morgan fingerprint density at radius 3 is 2.26 bits per heavy atom. The van der Waals surface area contributed by atoms with E-state index in [0.717, 1.165) is 16.0 Å².